The molecule has 4 nitrogen and oxygen atoms in total. The van der Waals surface area contributed by atoms with Crippen LogP contribution in [0.2, 0.25) is 0 Å². The van der Waals surface area contributed by atoms with Crippen molar-refractivity contribution in [3.05, 3.63) is 35.5 Å². The van der Waals surface area contributed by atoms with Gasteiger partial charge in [-0.25, -0.2) is 0 Å². The lowest BCUT2D eigenvalue weighted by Gasteiger charge is -2.09. The van der Waals surface area contributed by atoms with Crippen molar-refractivity contribution in [3.8, 4) is 11.1 Å². The van der Waals surface area contributed by atoms with Crippen LogP contribution in [0.5, 0.6) is 0 Å². The summed E-state index contributed by atoms with van der Waals surface area (Å²) in [4.78, 5) is 0. The van der Waals surface area contributed by atoms with Crippen LogP contribution in [0.15, 0.2) is 28.8 Å². The van der Waals surface area contributed by atoms with Crippen LogP contribution in [0, 0.1) is 0 Å². The van der Waals surface area contributed by atoms with E-state index < -0.39 is 11.7 Å². The average molecular weight is 300 g/mol. The predicted molar refractivity (Wildman–Crippen MR) is 71.6 cm³/mol. The second kappa shape index (κ2) is 6.17. The van der Waals surface area contributed by atoms with E-state index in [1.165, 1.54) is 6.07 Å². The molecule has 1 heterocycles. The average Bonchev–Trinajstić information content (AvgIpc) is 2.79. The molecule has 0 saturated carbocycles. The number of rotatable bonds is 5. The topological polar surface area (TPSA) is 61.3 Å². The Bertz CT molecular complexity index is 609. The Balaban J connectivity index is 2.35. The van der Waals surface area contributed by atoms with E-state index in [0.29, 0.717) is 36.5 Å². The van der Waals surface area contributed by atoms with Crippen LogP contribution in [0.3, 0.4) is 0 Å². The Labute approximate surface area is 119 Å². The Morgan fingerprint density at radius 3 is 2.76 bits per heavy atom. The third-order valence-corrected chi connectivity index (χ3v) is 2.96. The normalized spacial score (nSPS) is 11.8. The number of nitrogen functional groups attached to an aromatic ring is 1. The summed E-state index contributed by atoms with van der Waals surface area (Å²) in [7, 11) is 0. The minimum absolute atomic E-state index is 0.000762. The first-order chi connectivity index (χ1) is 9.93. The highest BCUT2D eigenvalue weighted by Gasteiger charge is 2.31. The van der Waals surface area contributed by atoms with Gasteiger partial charge in [-0.05, 0) is 24.6 Å². The minimum atomic E-state index is -4.41. The zero-order valence-corrected chi connectivity index (χ0v) is 11.4. The lowest BCUT2D eigenvalue weighted by molar-refractivity contribution is -0.137. The third kappa shape index (κ3) is 3.55. The van der Waals surface area contributed by atoms with Crippen molar-refractivity contribution in [1.29, 1.82) is 0 Å². The molecule has 0 unspecified atom stereocenters. The fourth-order valence-electron chi connectivity index (χ4n) is 1.98. The van der Waals surface area contributed by atoms with Gasteiger partial charge in [0.05, 0.1) is 23.4 Å². The van der Waals surface area contributed by atoms with Gasteiger partial charge in [-0.15, -0.1) is 0 Å². The maximum Gasteiger partial charge on any atom is 0.416 e. The molecule has 0 bridgehead atoms. The first-order valence-corrected chi connectivity index (χ1v) is 6.43. The number of halogens is 3. The zero-order chi connectivity index (χ0) is 15.5. The zero-order valence-electron chi connectivity index (χ0n) is 11.4. The summed E-state index contributed by atoms with van der Waals surface area (Å²) in [5.41, 5.74) is 6.15. The molecule has 2 aromatic rings. The van der Waals surface area contributed by atoms with Gasteiger partial charge >= 0.3 is 6.18 Å². The number of benzene rings is 1. The Hall–Kier alpha value is -2.02. The summed E-state index contributed by atoms with van der Waals surface area (Å²) in [6.07, 6.45) is -3.99. The van der Waals surface area contributed by atoms with Gasteiger partial charge < -0.3 is 15.0 Å². The summed E-state index contributed by atoms with van der Waals surface area (Å²) in [6, 6.07) is 4.92. The van der Waals surface area contributed by atoms with E-state index in [4.69, 9.17) is 15.0 Å². The summed E-state index contributed by atoms with van der Waals surface area (Å²) < 4.78 is 48.4. The summed E-state index contributed by atoms with van der Waals surface area (Å²) in [5.74, 6) is 0.000762. The van der Waals surface area contributed by atoms with E-state index in [1.54, 1.807) is 6.07 Å². The maximum absolute atomic E-state index is 12.8. The van der Waals surface area contributed by atoms with Gasteiger partial charge in [-0.1, -0.05) is 17.3 Å². The highest BCUT2D eigenvalue weighted by atomic mass is 19.4. The summed E-state index contributed by atoms with van der Waals surface area (Å²) in [5, 5.41) is 3.79. The van der Waals surface area contributed by atoms with Crippen LogP contribution in [-0.2, 0) is 17.3 Å². The Kier molecular flexibility index (Phi) is 4.52. The van der Waals surface area contributed by atoms with E-state index in [9.17, 15) is 13.2 Å². The molecule has 2 rings (SSSR count). The van der Waals surface area contributed by atoms with Gasteiger partial charge in [0.25, 0.3) is 0 Å². The lowest BCUT2D eigenvalue weighted by Crippen LogP contribution is -2.05. The second-order valence-corrected chi connectivity index (χ2v) is 4.39. The van der Waals surface area contributed by atoms with Gasteiger partial charge in [0.1, 0.15) is 0 Å². The fourth-order valence-corrected chi connectivity index (χ4v) is 1.98. The molecule has 0 aliphatic carbocycles. The van der Waals surface area contributed by atoms with Crippen molar-refractivity contribution >= 4 is 5.88 Å². The number of nitrogens with two attached hydrogens (primary N) is 1. The Morgan fingerprint density at radius 1 is 1.33 bits per heavy atom. The maximum atomic E-state index is 12.8. The molecule has 1 aromatic heterocycles. The quantitative estimate of drug-likeness (QED) is 0.858. The molecular weight excluding hydrogens is 285 g/mol. The fraction of sp³-hybridized carbons (Fsp3) is 0.357. The number of nitrogens with zero attached hydrogens (tertiary/aromatic N) is 1. The van der Waals surface area contributed by atoms with E-state index in [-0.39, 0.29) is 5.88 Å². The van der Waals surface area contributed by atoms with Crippen LogP contribution in [0.1, 0.15) is 18.2 Å². The molecule has 0 aliphatic heterocycles. The number of hydrogen-bond donors (Lipinski definition) is 1. The van der Waals surface area contributed by atoms with Crippen molar-refractivity contribution in [1.82, 2.24) is 5.16 Å². The molecular formula is C14H15F3N2O2. The molecule has 0 atom stereocenters. The number of hydrogen-bond acceptors (Lipinski definition) is 4. The molecule has 0 radical (unpaired) electrons. The number of aromatic nitrogens is 1. The smallest absolute Gasteiger partial charge is 0.381 e. The molecule has 7 heteroatoms. The number of ether oxygens (including phenoxy) is 1. The van der Waals surface area contributed by atoms with Crippen LogP contribution in [0.4, 0.5) is 19.1 Å². The van der Waals surface area contributed by atoms with Crippen molar-refractivity contribution in [2.75, 3.05) is 18.9 Å². The largest absolute Gasteiger partial charge is 0.416 e. The van der Waals surface area contributed by atoms with Crippen LogP contribution < -0.4 is 5.73 Å². The lowest BCUT2D eigenvalue weighted by atomic mass is 10.0. The van der Waals surface area contributed by atoms with Gasteiger partial charge in [-0.2, -0.15) is 13.2 Å². The van der Waals surface area contributed by atoms with E-state index in [1.807, 2.05) is 6.92 Å². The standard InChI is InChI=1S/C14H15F3N2O2/c1-2-20-7-6-11-12(13(18)21-19-11)9-4-3-5-10(8-9)14(15,16)17/h3-5,8H,2,6-7,18H2,1H3. The molecule has 0 spiro atoms. The monoisotopic (exact) mass is 300 g/mol. The molecule has 0 amide bonds. The predicted octanol–water partition coefficient (Wildman–Crippen LogP) is 3.52. The van der Waals surface area contributed by atoms with Crippen molar-refractivity contribution in [2.45, 2.75) is 19.5 Å². The van der Waals surface area contributed by atoms with Crippen LogP contribution in [0.25, 0.3) is 11.1 Å². The molecule has 1 aromatic carbocycles. The Morgan fingerprint density at radius 2 is 2.10 bits per heavy atom. The van der Waals surface area contributed by atoms with E-state index in [2.05, 4.69) is 5.16 Å². The van der Waals surface area contributed by atoms with Gasteiger partial charge in [-0.3, -0.25) is 0 Å². The first kappa shape index (κ1) is 15.4. The number of alkyl halides is 3. The number of anilines is 1. The van der Waals surface area contributed by atoms with Crippen molar-refractivity contribution in [3.63, 3.8) is 0 Å². The SMILES string of the molecule is CCOCCc1noc(N)c1-c1cccc(C(F)(F)F)c1. The highest BCUT2D eigenvalue weighted by molar-refractivity contribution is 5.75. The molecule has 0 aliphatic rings. The molecule has 114 valence electrons. The molecule has 0 fully saturated rings. The summed E-state index contributed by atoms with van der Waals surface area (Å²) in [6.45, 7) is 2.80. The van der Waals surface area contributed by atoms with Crippen LogP contribution >= 0.6 is 0 Å². The summed E-state index contributed by atoms with van der Waals surface area (Å²) >= 11 is 0. The molecule has 0 saturated heterocycles. The third-order valence-electron chi connectivity index (χ3n) is 2.96. The second-order valence-electron chi connectivity index (χ2n) is 4.39. The molecule has 21 heavy (non-hydrogen) atoms. The van der Waals surface area contributed by atoms with Gasteiger partial charge in [0.15, 0.2) is 0 Å². The van der Waals surface area contributed by atoms with E-state index in [0.717, 1.165) is 12.1 Å². The highest BCUT2D eigenvalue weighted by Crippen LogP contribution is 2.35. The minimum Gasteiger partial charge on any atom is -0.381 e. The van der Waals surface area contributed by atoms with E-state index >= 15 is 0 Å². The van der Waals surface area contributed by atoms with Crippen LogP contribution in [-0.4, -0.2) is 18.4 Å². The first-order valence-electron chi connectivity index (χ1n) is 6.43. The molecule has 2 N–H and O–H groups in total. The van der Waals surface area contributed by atoms with Crippen molar-refractivity contribution < 1.29 is 22.4 Å². The van der Waals surface area contributed by atoms with Gasteiger partial charge in [0, 0.05) is 13.0 Å². The van der Waals surface area contributed by atoms with Crippen molar-refractivity contribution in [2.24, 2.45) is 0 Å². The van der Waals surface area contributed by atoms with Gasteiger partial charge in [0.2, 0.25) is 5.88 Å².